The zero-order valence-corrected chi connectivity index (χ0v) is 11.1. The number of piperazine rings is 1. The second-order valence-electron chi connectivity index (χ2n) is 4.18. The first-order chi connectivity index (χ1) is 8.46. The van der Waals surface area contributed by atoms with E-state index in [0.29, 0.717) is 19.5 Å². The Bertz CT molecular complexity index is 551. The number of nitrogens with zero attached hydrogens (tertiary/aromatic N) is 3. The molecule has 1 aromatic rings. The Morgan fingerprint density at radius 3 is 2.83 bits per heavy atom. The Hall–Kier alpha value is -1.41. The van der Waals surface area contributed by atoms with Gasteiger partial charge >= 0.3 is 0 Å². The highest BCUT2D eigenvalue weighted by Gasteiger charge is 2.37. The third kappa shape index (κ3) is 2.13. The van der Waals surface area contributed by atoms with E-state index in [1.165, 1.54) is 21.4 Å². The summed E-state index contributed by atoms with van der Waals surface area (Å²) < 4.78 is 27.5. The van der Waals surface area contributed by atoms with Gasteiger partial charge in [0.05, 0.1) is 6.20 Å². The molecule has 1 fully saturated rings. The number of hydrogen-bond donors (Lipinski definition) is 1. The minimum atomic E-state index is -3.65. The van der Waals surface area contributed by atoms with Crippen LogP contribution < -0.4 is 5.32 Å². The van der Waals surface area contributed by atoms with Gasteiger partial charge in [-0.05, 0) is 6.42 Å². The number of rotatable bonds is 3. The maximum Gasteiger partial charge on any atom is 0.246 e. The summed E-state index contributed by atoms with van der Waals surface area (Å²) in [5.74, 6) is -0.240. The minimum absolute atomic E-state index is 0.123. The van der Waals surface area contributed by atoms with E-state index in [2.05, 4.69) is 10.4 Å². The second kappa shape index (κ2) is 4.69. The number of hydrogen-bond acceptors (Lipinski definition) is 4. The highest BCUT2D eigenvalue weighted by molar-refractivity contribution is 7.89. The molecule has 1 amide bonds. The minimum Gasteiger partial charge on any atom is -0.353 e. The largest absolute Gasteiger partial charge is 0.353 e. The van der Waals surface area contributed by atoms with Crippen LogP contribution in [0.4, 0.5) is 0 Å². The van der Waals surface area contributed by atoms with Gasteiger partial charge in [0.2, 0.25) is 15.9 Å². The molecular weight excluding hydrogens is 256 g/mol. The van der Waals surface area contributed by atoms with Crippen LogP contribution in [0.1, 0.15) is 13.3 Å². The van der Waals surface area contributed by atoms with Crippen LogP contribution in [0, 0.1) is 0 Å². The quantitative estimate of drug-likeness (QED) is 0.790. The first-order valence-corrected chi connectivity index (χ1v) is 7.19. The lowest BCUT2D eigenvalue weighted by Crippen LogP contribution is -2.56. The van der Waals surface area contributed by atoms with E-state index in [9.17, 15) is 13.2 Å². The first-order valence-electron chi connectivity index (χ1n) is 5.75. The topological polar surface area (TPSA) is 84.3 Å². The standard InChI is InChI=1S/C10H16N4O3S/c1-3-9-10(15)11-4-5-14(9)18(16,17)8-6-12-13(2)7-8/h6-7,9H,3-5H2,1-2H3,(H,11,15). The molecule has 8 heteroatoms. The fourth-order valence-electron chi connectivity index (χ4n) is 2.04. The number of aromatic nitrogens is 2. The van der Waals surface area contributed by atoms with E-state index in [4.69, 9.17) is 0 Å². The lowest BCUT2D eigenvalue weighted by molar-refractivity contribution is -0.126. The first kappa shape index (κ1) is 13.0. The number of aryl methyl sites for hydroxylation is 1. The van der Waals surface area contributed by atoms with Crippen molar-refractivity contribution in [3.05, 3.63) is 12.4 Å². The van der Waals surface area contributed by atoms with E-state index < -0.39 is 16.1 Å². The second-order valence-corrected chi connectivity index (χ2v) is 6.07. The molecule has 2 heterocycles. The maximum atomic E-state index is 12.4. The van der Waals surface area contributed by atoms with E-state index in [1.807, 2.05) is 0 Å². The summed E-state index contributed by atoms with van der Waals surface area (Å²) in [6, 6.07) is -0.635. The summed E-state index contributed by atoms with van der Waals surface area (Å²) in [6.07, 6.45) is 3.19. The summed E-state index contributed by atoms with van der Waals surface area (Å²) in [6.45, 7) is 2.43. The number of nitrogens with one attached hydrogen (secondary N) is 1. The zero-order valence-electron chi connectivity index (χ0n) is 10.3. The smallest absolute Gasteiger partial charge is 0.246 e. The Labute approximate surface area is 106 Å². The van der Waals surface area contributed by atoms with Crippen LogP contribution in [-0.4, -0.2) is 47.5 Å². The predicted molar refractivity (Wildman–Crippen MR) is 64.2 cm³/mol. The Balaban J connectivity index is 2.37. The number of carbonyl (C=O) groups is 1. The van der Waals surface area contributed by atoms with Crippen molar-refractivity contribution in [2.75, 3.05) is 13.1 Å². The van der Waals surface area contributed by atoms with Gasteiger partial charge in [-0.2, -0.15) is 9.40 Å². The third-order valence-corrected chi connectivity index (χ3v) is 4.82. The zero-order chi connectivity index (χ0) is 13.3. The van der Waals surface area contributed by atoms with Gasteiger partial charge in [0.1, 0.15) is 10.9 Å². The molecule has 0 spiro atoms. The molecule has 18 heavy (non-hydrogen) atoms. The van der Waals surface area contributed by atoms with E-state index in [0.717, 1.165) is 0 Å². The molecule has 1 aromatic heterocycles. The van der Waals surface area contributed by atoms with Crippen molar-refractivity contribution in [3.63, 3.8) is 0 Å². The van der Waals surface area contributed by atoms with Gasteiger partial charge in [-0.1, -0.05) is 6.92 Å². The average molecular weight is 272 g/mol. The molecule has 1 atom stereocenters. The van der Waals surface area contributed by atoms with Gasteiger partial charge in [-0.25, -0.2) is 8.42 Å². The lowest BCUT2D eigenvalue weighted by atomic mass is 10.2. The molecule has 0 aromatic carbocycles. The van der Waals surface area contributed by atoms with Crippen LogP contribution in [0.15, 0.2) is 17.3 Å². The van der Waals surface area contributed by atoms with Crippen molar-refractivity contribution < 1.29 is 13.2 Å². The lowest BCUT2D eigenvalue weighted by Gasteiger charge is -2.32. The summed E-state index contributed by atoms with van der Waals surface area (Å²) in [4.78, 5) is 11.8. The van der Waals surface area contributed by atoms with E-state index in [1.54, 1.807) is 14.0 Å². The maximum absolute atomic E-state index is 12.4. The third-order valence-electron chi connectivity index (χ3n) is 2.96. The Morgan fingerprint density at radius 1 is 1.56 bits per heavy atom. The molecular formula is C10H16N4O3S. The highest BCUT2D eigenvalue weighted by atomic mass is 32.2. The van der Waals surface area contributed by atoms with Crippen LogP contribution in [0.3, 0.4) is 0 Å². The van der Waals surface area contributed by atoms with E-state index in [-0.39, 0.29) is 10.8 Å². The normalized spacial score (nSPS) is 21.9. The van der Waals surface area contributed by atoms with E-state index >= 15 is 0 Å². The number of carbonyl (C=O) groups excluding carboxylic acids is 1. The van der Waals surface area contributed by atoms with Crippen LogP contribution in [-0.2, 0) is 21.9 Å². The van der Waals surface area contributed by atoms with Gasteiger partial charge in [0, 0.05) is 26.3 Å². The van der Waals surface area contributed by atoms with Gasteiger partial charge in [0.25, 0.3) is 0 Å². The molecule has 100 valence electrons. The van der Waals surface area contributed by atoms with Crippen LogP contribution in [0.25, 0.3) is 0 Å². The Kier molecular flexibility index (Phi) is 3.40. The van der Waals surface area contributed by atoms with Crippen molar-refractivity contribution in [3.8, 4) is 0 Å². The number of sulfonamides is 1. The fourth-order valence-corrected chi connectivity index (χ4v) is 3.69. The highest BCUT2D eigenvalue weighted by Crippen LogP contribution is 2.20. The molecule has 1 saturated heterocycles. The molecule has 2 rings (SSSR count). The molecule has 0 radical (unpaired) electrons. The summed E-state index contributed by atoms with van der Waals surface area (Å²) >= 11 is 0. The molecule has 0 bridgehead atoms. The monoisotopic (exact) mass is 272 g/mol. The van der Waals surface area contributed by atoms with Crippen molar-refractivity contribution in [2.45, 2.75) is 24.3 Å². The van der Waals surface area contributed by atoms with Gasteiger partial charge in [-0.3, -0.25) is 9.48 Å². The molecule has 1 aliphatic rings. The summed E-state index contributed by atoms with van der Waals surface area (Å²) in [5, 5.41) is 6.53. The van der Waals surface area contributed by atoms with Crippen molar-refractivity contribution in [1.29, 1.82) is 0 Å². The summed E-state index contributed by atoms with van der Waals surface area (Å²) in [5.41, 5.74) is 0. The van der Waals surface area contributed by atoms with Gasteiger partial charge in [0.15, 0.2) is 0 Å². The molecule has 1 unspecified atom stereocenters. The SMILES string of the molecule is CCC1C(=O)NCCN1S(=O)(=O)c1cnn(C)c1. The van der Waals surface area contributed by atoms with Crippen molar-refractivity contribution in [2.24, 2.45) is 7.05 Å². The van der Waals surface area contributed by atoms with Crippen molar-refractivity contribution in [1.82, 2.24) is 19.4 Å². The predicted octanol–water partition coefficient (Wildman–Crippen LogP) is -0.681. The van der Waals surface area contributed by atoms with Crippen molar-refractivity contribution >= 4 is 15.9 Å². The Morgan fingerprint density at radius 2 is 2.28 bits per heavy atom. The van der Waals surface area contributed by atoms with Crippen LogP contribution >= 0.6 is 0 Å². The molecule has 1 N–H and O–H groups in total. The molecule has 0 aliphatic carbocycles. The molecule has 1 aliphatic heterocycles. The molecule has 0 saturated carbocycles. The molecule has 7 nitrogen and oxygen atoms in total. The summed E-state index contributed by atoms with van der Waals surface area (Å²) in [7, 11) is -1.99. The van der Waals surface area contributed by atoms with Crippen LogP contribution in [0.2, 0.25) is 0 Å². The van der Waals surface area contributed by atoms with Gasteiger partial charge < -0.3 is 5.32 Å². The van der Waals surface area contributed by atoms with Gasteiger partial charge in [-0.15, -0.1) is 0 Å². The average Bonchev–Trinajstić information content (AvgIpc) is 2.76. The fraction of sp³-hybridized carbons (Fsp3) is 0.600. The van der Waals surface area contributed by atoms with Crippen LogP contribution in [0.5, 0.6) is 0 Å². The number of amides is 1.